The fraction of sp³-hybridized carbons (Fsp3) is 0.438. The predicted octanol–water partition coefficient (Wildman–Crippen LogP) is 2.70. The molecule has 4 nitrogen and oxygen atoms in total. The van der Waals surface area contributed by atoms with Gasteiger partial charge in [0.05, 0.1) is 12.1 Å². The highest BCUT2D eigenvalue weighted by molar-refractivity contribution is 5.87. The fourth-order valence-corrected chi connectivity index (χ4v) is 2.61. The van der Waals surface area contributed by atoms with Gasteiger partial charge in [-0.3, -0.25) is 0 Å². The Morgan fingerprint density at radius 2 is 2.25 bits per heavy atom. The molecule has 1 N–H and O–H groups in total. The number of benzene rings is 1. The molecule has 1 aliphatic rings. The minimum absolute atomic E-state index is 0.638. The third kappa shape index (κ3) is 2.25. The molecule has 0 spiro atoms. The summed E-state index contributed by atoms with van der Waals surface area (Å²) in [5, 5.41) is 14.1. The van der Waals surface area contributed by atoms with Crippen LogP contribution in [0.3, 0.4) is 0 Å². The molecule has 1 aliphatic carbocycles. The standard InChI is InChI=1S/C16H19N3O/c1-3-20-12-6-7-13-14(10-18-11-4-5-11)16(9-17)19(2)15(13)8-12/h6-8,11,18H,3-5,10H2,1-2H3. The number of rotatable bonds is 5. The predicted molar refractivity (Wildman–Crippen MR) is 78.7 cm³/mol. The Kier molecular flexibility index (Phi) is 3.37. The summed E-state index contributed by atoms with van der Waals surface area (Å²) in [6.07, 6.45) is 2.50. The number of nitrogens with zero attached hydrogens (tertiary/aromatic N) is 2. The van der Waals surface area contributed by atoms with Gasteiger partial charge in [-0.2, -0.15) is 5.26 Å². The molecule has 0 bridgehead atoms. The van der Waals surface area contributed by atoms with E-state index in [1.165, 1.54) is 12.8 Å². The van der Waals surface area contributed by atoms with Crippen molar-refractivity contribution in [1.82, 2.24) is 9.88 Å². The number of nitriles is 1. The maximum atomic E-state index is 9.42. The summed E-state index contributed by atoms with van der Waals surface area (Å²) in [4.78, 5) is 0. The molecular weight excluding hydrogens is 250 g/mol. The van der Waals surface area contributed by atoms with Gasteiger partial charge in [-0.25, -0.2) is 0 Å². The van der Waals surface area contributed by atoms with Crippen LogP contribution < -0.4 is 10.1 Å². The largest absolute Gasteiger partial charge is 0.494 e. The number of nitrogens with one attached hydrogen (secondary N) is 1. The molecule has 0 unspecified atom stereocenters. The molecule has 4 heteroatoms. The van der Waals surface area contributed by atoms with E-state index in [9.17, 15) is 5.26 Å². The second-order valence-corrected chi connectivity index (χ2v) is 5.27. The molecule has 1 aromatic heterocycles. The van der Waals surface area contributed by atoms with Crippen molar-refractivity contribution in [2.75, 3.05) is 6.61 Å². The molecule has 0 aliphatic heterocycles. The molecular formula is C16H19N3O. The van der Waals surface area contributed by atoms with E-state index in [-0.39, 0.29) is 0 Å². The van der Waals surface area contributed by atoms with Crippen molar-refractivity contribution in [3.8, 4) is 11.8 Å². The van der Waals surface area contributed by atoms with Crippen LogP contribution in [0.1, 0.15) is 31.0 Å². The summed E-state index contributed by atoms with van der Waals surface area (Å²) in [6, 6.07) is 9.02. The Labute approximate surface area is 119 Å². The third-order valence-electron chi connectivity index (χ3n) is 3.84. The van der Waals surface area contributed by atoms with Crippen LogP contribution in [0, 0.1) is 11.3 Å². The zero-order chi connectivity index (χ0) is 14.1. The number of fused-ring (bicyclic) bond motifs is 1. The van der Waals surface area contributed by atoms with Crippen molar-refractivity contribution in [1.29, 1.82) is 5.26 Å². The second kappa shape index (κ2) is 5.18. The Morgan fingerprint density at radius 3 is 2.90 bits per heavy atom. The first-order chi connectivity index (χ1) is 9.74. The monoisotopic (exact) mass is 269 g/mol. The highest BCUT2D eigenvalue weighted by Crippen LogP contribution is 2.29. The van der Waals surface area contributed by atoms with Crippen molar-refractivity contribution in [2.24, 2.45) is 7.05 Å². The summed E-state index contributed by atoms with van der Waals surface area (Å²) in [7, 11) is 1.94. The lowest BCUT2D eigenvalue weighted by atomic mass is 10.1. The van der Waals surface area contributed by atoms with E-state index in [0.29, 0.717) is 12.6 Å². The van der Waals surface area contributed by atoms with Crippen molar-refractivity contribution >= 4 is 10.9 Å². The van der Waals surface area contributed by atoms with Crippen LogP contribution in [-0.2, 0) is 13.6 Å². The molecule has 2 aromatic rings. The third-order valence-corrected chi connectivity index (χ3v) is 3.84. The summed E-state index contributed by atoms with van der Waals surface area (Å²) < 4.78 is 7.51. The molecule has 20 heavy (non-hydrogen) atoms. The highest BCUT2D eigenvalue weighted by atomic mass is 16.5. The molecule has 1 aromatic carbocycles. The van der Waals surface area contributed by atoms with E-state index in [4.69, 9.17) is 4.74 Å². The van der Waals surface area contributed by atoms with E-state index in [0.717, 1.165) is 34.5 Å². The van der Waals surface area contributed by atoms with Gasteiger partial charge in [-0.15, -0.1) is 0 Å². The minimum Gasteiger partial charge on any atom is -0.494 e. The Hall–Kier alpha value is -1.99. The van der Waals surface area contributed by atoms with Crippen LogP contribution >= 0.6 is 0 Å². The molecule has 0 saturated heterocycles. The first-order valence-corrected chi connectivity index (χ1v) is 7.12. The van der Waals surface area contributed by atoms with Crippen molar-refractivity contribution in [2.45, 2.75) is 32.4 Å². The second-order valence-electron chi connectivity index (χ2n) is 5.27. The quantitative estimate of drug-likeness (QED) is 0.908. The lowest BCUT2D eigenvalue weighted by Crippen LogP contribution is -2.16. The van der Waals surface area contributed by atoms with Gasteiger partial charge in [0.25, 0.3) is 0 Å². The van der Waals surface area contributed by atoms with E-state index < -0.39 is 0 Å². The van der Waals surface area contributed by atoms with Gasteiger partial charge in [0.1, 0.15) is 17.5 Å². The molecule has 0 amide bonds. The summed E-state index contributed by atoms with van der Waals surface area (Å²) in [6.45, 7) is 3.39. The summed E-state index contributed by atoms with van der Waals surface area (Å²) in [5.41, 5.74) is 2.89. The van der Waals surface area contributed by atoms with Crippen molar-refractivity contribution in [3.05, 3.63) is 29.5 Å². The van der Waals surface area contributed by atoms with Gasteiger partial charge in [0, 0.05) is 36.7 Å². The Balaban J connectivity index is 2.04. The molecule has 1 heterocycles. The van der Waals surface area contributed by atoms with Crippen LogP contribution in [0.2, 0.25) is 0 Å². The SMILES string of the molecule is CCOc1ccc2c(CNC3CC3)c(C#N)n(C)c2c1. The van der Waals surface area contributed by atoms with E-state index in [1.54, 1.807) is 0 Å². The van der Waals surface area contributed by atoms with Crippen LogP contribution in [-0.4, -0.2) is 17.2 Å². The zero-order valence-electron chi connectivity index (χ0n) is 11.9. The van der Waals surface area contributed by atoms with Gasteiger partial charge in [0.15, 0.2) is 0 Å². The minimum atomic E-state index is 0.638. The van der Waals surface area contributed by atoms with E-state index in [2.05, 4.69) is 17.5 Å². The lowest BCUT2D eigenvalue weighted by Gasteiger charge is -2.04. The topological polar surface area (TPSA) is 50.0 Å². The molecule has 1 fully saturated rings. The van der Waals surface area contributed by atoms with Crippen LogP contribution in [0.15, 0.2) is 18.2 Å². The zero-order valence-corrected chi connectivity index (χ0v) is 11.9. The maximum absolute atomic E-state index is 9.42. The van der Waals surface area contributed by atoms with Gasteiger partial charge in [-0.05, 0) is 31.9 Å². The highest BCUT2D eigenvalue weighted by Gasteiger charge is 2.22. The van der Waals surface area contributed by atoms with Crippen LogP contribution in [0.25, 0.3) is 10.9 Å². The Bertz CT molecular complexity index is 677. The smallest absolute Gasteiger partial charge is 0.125 e. The Morgan fingerprint density at radius 1 is 1.45 bits per heavy atom. The van der Waals surface area contributed by atoms with E-state index >= 15 is 0 Å². The normalized spacial score (nSPS) is 14.4. The number of hydrogen-bond acceptors (Lipinski definition) is 3. The number of ether oxygens (including phenoxy) is 1. The summed E-state index contributed by atoms with van der Waals surface area (Å²) >= 11 is 0. The average molecular weight is 269 g/mol. The molecule has 3 rings (SSSR count). The van der Waals surface area contributed by atoms with Crippen LogP contribution in [0.5, 0.6) is 5.75 Å². The molecule has 0 atom stereocenters. The van der Waals surface area contributed by atoms with Gasteiger partial charge in [0.2, 0.25) is 0 Å². The van der Waals surface area contributed by atoms with E-state index in [1.807, 2.05) is 30.7 Å². The van der Waals surface area contributed by atoms with Gasteiger partial charge >= 0.3 is 0 Å². The van der Waals surface area contributed by atoms with Gasteiger partial charge in [-0.1, -0.05) is 0 Å². The lowest BCUT2D eigenvalue weighted by molar-refractivity contribution is 0.340. The first kappa shape index (κ1) is 13.0. The van der Waals surface area contributed by atoms with Gasteiger partial charge < -0.3 is 14.6 Å². The number of aromatic nitrogens is 1. The number of aryl methyl sites for hydroxylation is 1. The summed E-state index contributed by atoms with van der Waals surface area (Å²) in [5.74, 6) is 0.854. The molecule has 1 saturated carbocycles. The van der Waals surface area contributed by atoms with Crippen molar-refractivity contribution < 1.29 is 4.74 Å². The molecule has 0 radical (unpaired) electrons. The molecule has 104 valence electrons. The van der Waals surface area contributed by atoms with Crippen molar-refractivity contribution in [3.63, 3.8) is 0 Å². The number of hydrogen-bond donors (Lipinski definition) is 1. The fourth-order valence-electron chi connectivity index (χ4n) is 2.61. The first-order valence-electron chi connectivity index (χ1n) is 7.12. The average Bonchev–Trinajstić information content (AvgIpc) is 3.24. The van der Waals surface area contributed by atoms with Crippen LogP contribution in [0.4, 0.5) is 0 Å². The maximum Gasteiger partial charge on any atom is 0.125 e.